The van der Waals surface area contributed by atoms with Crippen LogP contribution in [0.5, 0.6) is 0 Å². The summed E-state index contributed by atoms with van der Waals surface area (Å²) in [5, 5.41) is 2.34. The summed E-state index contributed by atoms with van der Waals surface area (Å²) >= 11 is 0. The van der Waals surface area contributed by atoms with Crippen molar-refractivity contribution in [3.8, 4) is 0 Å². The molecule has 0 heterocycles. The van der Waals surface area contributed by atoms with Gasteiger partial charge in [-0.2, -0.15) is 0 Å². The van der Waals surface area contributed by atoms with Gasteiger partial charge in [0.2, 0.25) is 10.0 Å². The highest BCUT2D eigenvalue weighted by atomic mass is 32.2. The highest BCUT2D eigenvalue weighted by molar-refractivity contribution is 7.89. The van der Waals surface area contributed by atoms with Gasteiger partial charge in [0.05, 0.1) is 12.9 Å². The Morgan fingerprint density at radius 1 is 1.03 bits per heavy atom. The molecule has 10 heteroatoms. The van der Waals surface area contributed by atoms with Crippen LogP contribution in [0.15, 0.2) is 54.6 Å². The van der Waals surface area contributed by atoms with Crippen LogP contribution in [-0.2, 0) is 37.3 Å². The molecule has 2 aromatic carbocycles. The van der Waals surface area contributed by atoms with E-state index in [4.69, 9.17) is 4.74 Å². The predicted octanol–water partition coefficient (Wildman–Crippen LogP) is 1.76. The molecule has 0 aliphatic heterocycles. The minimum atomic E-state index is -3.92. The molecular weight excluding hydrogens is 415 g/mol. The van der Waals surface area contributed by atoms with Gasteiger partial charge >= 0.3 is 12.1 Å². The molecule has 0 fully saturated rings. The molecule has 30 heavy (non-hydrogen) atoms. The zero-order valence-electron chi connectivity index (χ0n) is 16.3. The summed E-state index contributed by atoms with van der Waals surface area (Å²) < 4.78 is 49.5. The number of halogens is 1. The van der Waals surface area contributed by atoms with Gasteiger partial charge < -0.3 is 14.8 Å². The van der Waals surface area contributed by atoms with E-state index in [9.17, 15) is 22.4 Å². The van der Waals surface area contributed by atoms with E-state index >= 15 is 0 Å². The largest absolute Gasteiger partial charge is 0.468 e. The van der Waals surface area contributed by atoms with Gasteiger partial charge in [-0.3, -0.25) is 4.79 Å². The Bertz CT molecular complexity index is 936. The van der Waals surface area contributed by atoms with Crippen molar-refractivity contribution in [1.29, 1.82) is 0 Å². The third-order valence-electron chi connectivity index (χ3n) is 4.01. The fourth-order valence-electron chi connectivity index (χ4n) is 2.51. The lowest BCUT2D eigenvalue weighted by Gasteiger charge is -2.17. The summed E-state index contributed by atoms with van der Waals surface area (Å²) in [4.78, 5) is 23.6. The van der Waals surface area contributed by atoms with E-state index in [-0.39, 0.29) is 19.6 Å². The van der Waals surface area contributed by atoms with Crippen LogP contribution in [0.2, 0.25) is 0 Å². The van der Waals surface area contributed by atoms with Crippen LogP contribution in [0.3, 0.4) is 0 Å². The first-order valence-corrected chi connectivity index (χ1v) is 10.7. The zero-order valence-corrected chi connectivity index (χ0v) is 17.2. The van der Waals surface area contributed by atoms with E-state index in [1.165, 1.54) is 24.3 Å². The Labute approximate surface area is 174 Å². The molecule has 0 radical (unpaired) electrons. The van der Waals surface area contributed by atoms with Crippen LogP contribution < -0.4 is 10.0 Å². The molecular formula is C20H23FN2O6S. The lowest BCUT2D eigenvalue weighted by atomic mass is 10.1. The molecule has 0 aromatic heterocycles. The number of nitrogens with one attached hydrogen (secondary N) is 2. The van der Waals surface area contributed by atoms with Crippen LogP contribution in [0.1, 0.15) is 11.1 Å². The quantitative estimate of drug-likeness (QED) is 0.547. The number of benzene rings is 2. The van der Waals surface area contributed by atoms with E-state index in [2.05, 4.69) is 14.8 Å². The molecule has 2 rings (SSSR count). The highest BCUT2D eigenvalue weighted by Gasteiger charge is 2.25. The molecule has 2 aromatic rings. The maximum Gasteiger partial charge on any atom is 0.407 e. The number of esters is 1. The van der Waals surface area contributed by atoms with Crippen LogP contribution in [-0.4, -0.2) is 45.9 Å². The van der Waals surface area contributed by atoms with E-state index in [0.29, 0.717) is 5.56 Å². The van der Waals surface area contributed by atoms with Gasteiger partial charge in [-0.1, -0.05) is 42.5 Å². The molecule has 2 N–H and O–H groups in total. The van der Waals surface area contributed by atoms with Crippen LogP contribution in [0.4, 0.5) is 9.18 Å². The molecule has 1 amide bonds. The smallest absolute Gasteiger partial charge is 0.407 e. The summed E-state index contributed by atoms with van der Waals surface area (Å²) in [5.41, 5.74) is 1.35. The Balaban J connectivity index is 1.83. The molecule has 8 nitrogen and oxygen atoms in total. The van der Waals surface area contributed by atoms with Crippen molar-refractivity contribution in [2.24, 2.45) is 0 Å². The molecule has 162 valence electrons. The SMILES string of the molecule is COC(=O)C(Cc1ccc(F)cc1)NS(=O)(=O)CCNC(=O)OCc1ccccc1. The third kappa shape index (κ3) is 8.18. The van der Waals surface area contributed by atoms with Crippen molar-refractivity contribution in [2.75, 3.05) is 19.4 Å². The Kier molecular flexibility index (Phi) is 8.75. The van der Waals surface area contributed by atoms with Gasteiger partial charge in [0, 0.05) is 6.54 Å². The molecule has 0 spiro atoms. The highest BCUT2D eigenvalue weighted by Crippen LogP contribution is 2.08. The summed E-state index contributed by atoms with van der Waals surface area (Å²) in [7, 11) is -2.78. The van der Waals surface area contributed by atoms with Crippen molar-refractivity contribution in [1.82, 2.24) is 10.0 Å². The van der Waals surface area contributed by atoms with E-state index in [0.717, 1.165) is 12.7 Å². The number of alkyl carbamates (subject to hydrolysis) is 1. The summed E-state index contributed by atoms with van der Waals surface area (Å²) in [6, 6.07) is 13.2. The van der Waals surface area contributed by atoms with Gasteiger partial charge in [-0.15, -0.1) is 0 Å². The Morgan fingerprint density at radius 3 is 2.33 bits per heavy atom. The zero-order chi connectivity index (χ0) is 22.0. The van der Waals surface area contributed by atoms with Gasteiger partial charge in [-0.05, 0) is 29.7 Å². The van der Waals surface area contributed by atoms with E-state index in [1.54, 1.807) is 24.3 Å². The lowest BCUT2D eigenvalue weighted by Crippen LogP contribution is -2.45. The number of amides is 1. The molecule has 0 bridgehead atoms. The average molecular weight is 438 g/mol. The standard InChI is InChI=1S/C20H23FN2O6S/c1-28-19(24)18(13-15-7-9-17(21)10-8-15)23-30(26,27)12-11-22-20(25)29-14-16-5-3-2-4-6-16/h2-10,18,23H,11-14H2,1H3,(H,22,25). The van der Waals surface area contributed by atoms with Crippen molar-refractivity contribution >= 4 is 22.1 Å². The second-order valence-electron chi connectivity index (χ2n) is 6.33. The first-order chi connectivity index (χ1) is 14.3. The average Bonchev–Trinajstić information content (AvgIpc) is 2.73. The third-order valence-corrected chi connectivity index (χ3v) is 5.40. The van der Waals surface area contributed by atoms with Crippen molar-refractivity contribution in [3.05, 3.63) is 71.5 Å². The number of carbonyl (C=O) groups excluding carboxylic acids is 2. The number of hydrogen-bond donors (Lipinski definition) is 2. The minimum absolute atomic E-state index is 0.0151. The summed E-state index contributed by atoms with van der Waals surface area (Å²) in [5.74, 6) is -1.69. The molecule has 0 aliphatic carbocycles. The fourth-order valence-corrected chi connectivity index (χ4v) is 3.61. The van der Waals surface area contributed by atoms with E-state index < -0.39 is 39.7 Å². The van der Waals surface area contributed by atoms with Gasteiger partial charge in [0.15, 0.2) is 0 Å². The number of ether oxygens (including phenoxy) is 2. The first kappa shape index (κ1) is 23.3. The molecule has 1 atom stereocenters. The van der Waals surface area contributed by atoms with Crippen molar-refractivity contribution in [2.45, 2.75) is 19.1 Å². The molecule has 0 saturated carbocycles. The monoisotopic (exact) mass is 438 g/mol. The van der Waals surface area contributed by atoms with E-state index in [1.807, 2.05) is 6.07 Å². The normalized spacial score (nSPS) is 12.1. The van der Waals surface area contributed by atoms with Crippen molar-refractivity contribution < 1.29 is 31.9 Å². The first-order valence-electron chi connectivity index (χ1n) is 9.06. The lowest BCUT2D eigenvalue weighted by molar-refractivity contribution is -0.142. The van der Waals surface area contributed by atoms with Gasteiger partial charge in [0.25, 0.3) is 0 Å². The molecule has 0 aliphatic rings. The number of methoxy groups -OCH3 is 1. The van der Waals surface area contributed by atoms with Crippen LogP contribution in [0, 0.1) is 5.82 Å². The maximum absolute atomic E-state index is 13.0. The van der Waals surface area contributed by atoms with Crippen LogP contribution >= 0.6 is 0 Å². The van der Waals surface area contributed by atoms with Crippen molar-refractivity contribution in [3.63, 3.8) is 0 Å². The molecule has 0 saturated heterocycles. The molecule has 1 unspecified atom stereocenters. The number of carbonyl (C=O) groups is 2. The maximum atomic E-state index is 13.0. The van der Waals surface area contributed by atoms with Gasteiger partial charge in [0.1, 0.15) is 18.5 Å². The number of hydrogen-bond acceptors (Lipinski definition) is 6. The number of rotatable bonds is 10. The summed E-state index contributed by atoms with van der Waals surface area (Å²) in [6.07, 6.45) is -0.775. The van der Waals surface area contributed by atoms with Crippen LogP contribution in [0.25, 0.3) is 0 Å². The second kappa shape index (κ2) is 11.3. The summed E-state index contributed by atoms with van der Waals surface area (Å²) in [6.45, 7) is -0.160. The second-order valence-corrected chi connectivity index (χ2v) is 8.21. The predicted molar refractivity (Wildman–Crippen MR) is 107 cm³/mol. The fraction of sp³-hybridized carbons (Fsp3) is 0.300. The minimum Gasteiger partial charge on any atom is -0.468 e. The van der Waals surface area contributed by atoms with Gasteiger partial charge in [-0.25, -0.2) is 22.3 Å². The Morgan fingerprint density at radius 2 is 1.70 bits per heavy atom. The topological polar surface area (TPSA) is 111 Å². The Hall–Kier alpha value is -2.98. The number of sulfonamides is 1.